The third-order valence-corrected chi connectivity index (χ3v) is 5.23. The van der Waals surface area contributed by atoms with E-state index in [1.807, 2.05) is 19.2 Å². The molecule has 128 valence electrons. The summed E-state index contributed by atoms with van der Waals surface area (Å²) >= 11 is 0. The van der Waals surface area contributed by atoms with Gasteiger partial charge in [-0.2, -0.15) is 0 Å². The number of halogens is 1. The molecular formula is C18H28IN3O. The molecule has 0 unspecified atom stereocenters. The zero-order valence-electron chi connectivity index (χ0n) is 14.2. The van der Waals surface area contributed by atoms with Crippen molar-refractivity contribution in [2.45, 2.75) is 32.1 Å². The van der Waals surface area contributed by atoms with Crippen molar-refractivity contribution in [1.82, 2.24) is 10.2 Å². The fourth-order valence-corrected chi connectivity index (χ4v) is 3.75. The first-order valence-electron chi connectivity index (χ1n) is 8.34. The normalized spacial score (nSPS) is 19.2. The van der Waals surface area contributed by atoms with Gasteiger partial charge in [0.05, 0.1) is 7.11 Å². The van der Waals surface area contributed by atoms with Crippen LogP contribution in [0.3, 0.4) is 0 Å². The second-order valence-corrected chi connectivity index (χ2v) is 6.56. The van der Waals surface area contributed by atoms with Gasteiger partial charge in [-0.05, 0) is 42.7 Å². The summed E-state index contributed by atoms with van der Waals surface area (Å²) in [6.45, 7) is 3.21. The highest BCUT2D eigenvalue weighted by Crippen LogP contribution is 2.47. The molecule has 23 heavy (non-hydrogen) atoms. The second kappa shape index (κ2) is 8.22. The van der Waals surface area contributed by atoms with Gasteiger partial charge in [0.15, 0.2) is 5.96 Å². The number of nitrogens with zero attached hydrogens (tertiary/aromatic N) is 2. The Kier molecular flexibility index (Phi) is 6.56. The predicted molar refractivity (Wildman–Crippen MR) is 106 cm³/mol. The number of aliphatic imine (C=N–C) groups is 1. The van der Waals surface area contributed by atoms with Gasteiger partial charge in [-0.1, -0.05) is 24.6 Å². The molecule has 1 saturated carbocycles. The van der Waals surface area contributed by atoms with Gasteiger partial charge in [0.25, 0.3) is 0 Å². The summed E-state index contributed by atoms with van der Waals surface area (Å²) in [5, 5.41) is 3.52. The molecule has 0 amide bonds. The maximum Gasteiger partial charge on any atom is 0.193 e. The summed E-state index contributed by atoms with van der Waals surface area (Å²) < 4.78 is 5.41. The van der Waals surface area contributed by atoms with Crippen LogP contribution in [0.1, 0.15) is 31.2 Å². The van der Waals surface area contributed by atoms with Crippen molar-refractivity contribution in [3.63, 3.8) is 0 Å². The SMILES string of the molecule is CN=C(NCCc1ccccc1OC)N1CCC2(CCC2)C1.I. The van der Waals surface area contributed by atoms with E-state index in [4.69, 9.17) is 4.74 Å². The first kappa shape index (κ1) is 18.4. The molecule has 3 rings (SSSR count). The highest BCUT2D eigenvalue weighted by Gasteiger charge is 2.43. The van der Waals surface area contributed by atoms with Crippen LogP contribution in [0.25, 0.3) is 0 Å². The molecule has 1 N–H and O–H groups in total. The zero-order chi connectivity index (χ0) is 15.4. The van der Waals surface area contributed by atoms with Crippen molar-refractivity contribution in [3.05, 3.63) is 29.8 Å². The van der Waals surface area contributed by atoms with Gasteiger partial charge in [-0.25, -0.2) is 0 Å². The summed E-state index contributed by atoms with van der Waals surface area (Å²) in [4.78, 5) is 6.90. The Balaban J connectivity index is 0.00000192. The van der Waals surface area contributed by atoms with E-state index >= 15 is 0 Å². The quantitative estimate of drug-likeness (QED) is 0.454. The second-order valence-electron chi connectivity index (χ2n) is 6.56. The molecule has 2 fully saturated rings. The van der Waals surface area contributed by atoms with Crippen LogP contribution in [0.2, 0.25) is 0 Å². The summed E-state index contributed by atoms with van der Waals surface area (Å²) in [5.41, 5.74) is 1.85. The van der Waals surface area contributed by atoms with E-state index in [0.717, 1.165) is 31.2 Å². The Labute approximate surface area is 156 Å². The number of rotatable bonds is 4. The third kappa shape index (κ3) is 4.11. The van der Waals surface area contributed by atoms with E-state index in [1.165, 1.54) is 37.8 Å². The topological polar surface area (TPSA) is 36.9 Å². The Morgan fingerprint density at radius 3 is 2.70 bits per heavy atom. The summed E-state index contributed by atoms with van der Waals surface area (Å²) in [6.07, 6.45) is 6.50. The van der Waals surface area contributed by atoms with Crippen molar-refractivity contribution < 1.29 is 4.74 Å². The fourth-order valence-electron chi connectivity index (χ4n) is 3.75. The largest absolute Gasteiger partial charge is 0.496 e. The van der Waals surface area contributed by atoms with Crippen molar-refractivity contribution >= 4 is 29.9 Å². The van der Waals surface area contributed by atoms with E-state index in [0.29, 0.717) is 5.41 Å². The van der Waals surface area contributed by atoms with Crippen molar-refractivity contribution in [1.29, 1.82) is 0 Å². The summed E-state index contributed by atoms with van der Waals surface area (Å²) in [7, 11) is 3.62. The Morgan fingerprint density at radius 2 is 2.09 bits per heavy atom. The zero-order valence-corrected chi connectivity index (χ0v) is 16.5. The maximum absolute atomic E-state index is 5.41. The summed E-state index contributed by atoms with van der Waals surface area (Å²) in [6, 6.07) is 8.22. The molecule has 1 aliphatic carbocycles. The monoisotopic (exact) mass is 429 g/mol. The average Bonchev–Trinajstić information content (AvgIpc) is 2.97. The van der Waals surface area contributed by atoms with E-state index in [2.05, 4.69) is 27.3 Å². The highest BCUT2D eigenvalue weighted by molar-refractivity contribution is 14.0. The van der Waals surface area contributed by atoms with E-state index in [-0.39, 0.29) is 24.0 Å². The number of methoxy groups -OCH3 is 1. The smallest absolute Gasteiger partial charge is 0.193 e. The molecule has 1 heterocycles. The molecule has 1 saturated heterocycles. The number of benzene rings is 1. The lowest BCUT2D eigenvalue weighted by atomic mass is 9.68. The molecule has 0 bridgehead atoms. The lowest BCUT2D eigenvalue weighted by molar-refractivity contribution is 0.151. The van der Waals surface area contributed by atoms with Gasteiger partial charge in [0, 0.05) is 26.7 Å². The minimum Gasteiger partial charge on any atom is -0.496 e. The van der Waals surface area contributed by atoms with Crippen LogP contribution in [0.15, 0.2) is 29.3 Å². The first-order valence-corrected chi connectivity index (χ1v) is 8.34. The third-order valence-electron chi connectivity index (χ3n) is 5.23. The van der Waals surface area contributed by atoms with Gasteiger partial charge in [-0.3, -0.25) is 4.99 Å². The number of likely N-dealkylation sites (tertiary alicyclic amines) is 1. The van der Waals surface area contributed by atoms with Crippen LogP contribution in [-0.4, -0.2) is 44.7 Å². The van der Waals surface area contributed by atoms with Crippen molar-refractivity contribution in [2.24, 2.45) is 10.4 Å². The molecule has 2 aliphatic rings. The number of guanidine groups is 1. The van der Waals surface area contributed by atoms with E-state index in [9.17, 15) is 0 Å². The Morgan fingerprint density at radius 1 is 1.30 bits per heavy atom. The first-order chi connectivity index (χ1) is 10.8. The Bertz CT molecular complexity index is 543. The molecule has 0 radical (unpaired) electrons. The standard InChI is InChI=1S/C18H27N3O.HI/c1-19-17(21-13-11-18(14-21)9-5-10-18)20-12-8-15-6-3-4-7-16(15)22-2;/h3-4,6-7H,5,8-14H2,1-2H3,(H,19,20);1H. The molecule has 1 aromatic carbocycles. The number of hydrogen-bond donors (Lipinski definition) is 1. The molecule has 1 aromatic rings. The van der Waals surface area contributed by atoms with Gasteiger partial charge < -0.3 is 15.0 Å². The maximum atomic E-state index is 5.41. The minimum absolute atomic E-state index is 0. The molecule has 5 heteroatoms. The van der Waals surface area contributed by atoms with E-state index in [1.54, 1.807) is 7.11 Å². The molecule has 1 spiro atoms. The van der Waals surface area contributed by atoms with Crippen LogP contribution in [0.4, 0.5) is 0 Å². The van der Waals surface area contributed by atoms with Gasteiger partial charge >= 0.3 is 0 Å². The molecular weight excluding hydrogens is 401 g/mol. The van der Waals surface area contributed by atoms with Crippen molar-refractivity contribution in [2.75, 3.05) is 33.8 Å². The van der Waals surface area contributed by atoms with E-state index < -0.39 is 0 Å². The van der Waals surface area contributed by atoms with Gasteiger partial charge in [0.1, 0.15) is 5.75 Å². The molecule has 0 aromatic heterocycles. The fraction of sp³-hybridized carbons (Fsp3) is 0.611. The lowest BCUT2D eigenvalue weighted by Gasteiger charge is -2.38. The van der Waals surface area contributed by atoms with Gasteiger partial charge in [0.2, 0.25) is 0 Å². The number of para-hydroxylation sites is 1. The van der Waals surface area contributed by atoms with Crippen LogP contribution < -0.4 is 10.1 Å². The average molecular weight is 429 g/mol. The predicted octanol–water partition coefficient (Wildman–Crippen LogP) is 3.31. The Hall–Kier alpha value is -0.980. The number of nitrogens with one attached hydrogen (secondary N) is 1. The number of ether oxygens (including phenoxy) is 1. The molecule has 1 aliphatic heterocycles. The molecule has 4 nitrogen and oxygen atoms in total. The van der Waals surface area contributed by atoms with Crippen LogP contribution in [-0.2, 0) is 6.42 Å². The lowest BCUT2D eigenvalue weighted by Crippen LogP contribution is -2.43. The van der Waals surface area contributed by atoms with Gasteiger partial charge in [-0.15, -0.1) is 24.0 Å². The summed E-state index contributed by atoms with van der Waals surface area (Å²) in [5.74, 6) is 2.02. The van der Waals surface area contributed by atoms with Crippen LogP contribution >= 0.6 is 24.0 Å². The highest BCUT2D eigenvalue weighted by atomic mass is 127. The number of hydrogen-bond acceptors (Lipinski definition) is 2. The molecule has 0 atom stereocenters. The van der Waals surface area contributed by atoms with Crippen LogP contribution in [0.5, 0.6) is 5.75 Å². The van der Waals surface area contributed by atoms with Crippen LogP contribution in [0, 0.1) is 5.41 Å². The minimum atomic E-state index is 0. The van der Waals surface area contributed by atoms with Crippen molar-refractivity contribution in [3.8, 4) is 5.75 Å².